The molecule has 100 valence electrons. The summed E-state index contributed by atoms with van der Waals surface area (Å²) in [5.41, 5.74) is 3.06. The average Bonchev–Trinajstić information content (AvgIpc) is 2.66. The van der Waals surface area contributed by atoms with E-state index < -0.39 is 0 Å². The first kappa shape index (κ1) is 11.5. The molecule has 3 aliphatic rings. The summed E-state index contributed by atoms with van der Waals surface area (Å²) >= 11 is 0. The maximum Gasteiger partial charge on any atom is 0.206 e. The van der Waals surface area contributed by atoms with Gasteiger partial charge < -0.3 is 10.2 Å². The van der Waals surface area contributed by atoms with Crippen molar-refractivity contribution in [3.05, 3.63) is 29.8 Å². The summed E-state index contributed by atoms with van der Waals surface area (Å²) in [5.74, 6) is 0.357. The van der Waals surface area contributed by atoms with Gasteiger partial charge in [0.25, 0.3) is 0 Å². The number of anilines is 1. The second kappa shape index (κ2) is 3.60. The zero-order chi connectivity index (χ0) is 13.1. The van der Waals surface area contributed by atoms with Gasteiger partial charge in [-0.3, -0.25) is 4.79 Å². The van der Waals surface area contributed by atoms with Gasteiger partial charge >= 0.3 is 0 Å². The lowest BCUT2D eigenvalue weighted by Crippen LogP contribution is -3.07. The van der Waals surface area contributed by atoms with E-state index in [0.717, 1.165) is 0 Å². The maximum atomic E-state index is 11.9. The Balaban J connectivity index is 1.95. The van der Waals surface area contributed by atoms with Crippen LogP contribution in [-0.2, 0) is 10.2 Å². The van der Waals surface area contributed by atoms with Crippen LogP contribution in [0.25, 0.3) is 0 Å². The number of rotatable bonds is 0. The van der Waals surface area contributed by atoms with Gasteiger partial charge in [-0.25, -0.2) is 0 Å². The van der Waals surface area contributed by atoms with Gasteiger partial charge in [-0.15, -0.1) is 0 Å². The lowest BCUT2D eigenvalue weighted by Gasteiger charge is -2.51. The molecular formula is C16H21N2O+. The van der Waals surface area contributed by atoms with Crippen molar-refractivity contribution in [3.8, 4) is 0 Å². The summed E-state index contributed by atoms with van der Waals surface area (Å²) in [4.78, 5) is 14.3. The Hall–Kier alpha value is -1.35. The standard InChI is InChI=1S/C16H20N2O/c1-15-8-4-5-9-16(15)17-10-12(19)11-18(16)14-7-3-2-6-13(14)15/h2-3,6-7,17H,4-5,8-11H2,1H3/p+1/t15-,16-/m1/s1. The number of para-hydroxylation sites is 1. The molecule has 1 saturated carbocycles. The SMILES string of the molecule is C[C@]12CCCC[C@]13[NH2+]CC(=O)CN3c1ccccc12. The van der Waals surface area contributed by atoms with Crippen molar-refractivity contribution in [1.29, 1.82) is 0 Å². The van der Waals surface area contributed by atoms with Gasteiger partial charge in [0.1, 0.15) is 6.54 Å². The van der Waals surface area contributed by atoms with Crippen LogP contribution in [0.4, 0.5) is 5.69 Å². The Morgan fingerprint density at radius 1 is 1.21 bits per heavy atom. The Labute approximate surface area is 114 Å². The number of hydrogen-bond donors (Lipinski definition) is 1. The van der Waals surface area contributed by atoms with E-state index >= 15 is 0 Å². The number of nitrogens with two attached hydrogens (primary N) is 1. The molecule has 3 nitrogen and oxygen atoms in total. The van der Waals surface area contributed by atoms with Crippen LogP contribution in [0.3, 0.4) is 0 Å². The quantitative estimate of drug-likeness (QED) is 0.758. The number of quaternary nitrogens is 1. The van der Waals surface area contributed by atoms with Gasteiger partial charge in [0.2, 0.25) is 5.78 Å². The molecule has 3 heteroatoms. The molecule has 0 bridgehead atoms. The molecule has 1 saturated heterocycles. The van der Waals surface area contributed by atoms with Crippen LogP contribution < -0.4 is 10.2 Å². The summed E-state index contributed by atoms with van der Waals surface area (Å²) in [6, 6.07) is 8.73. The van der Waals surface area contributed by atoms with Crippen molar-refractivity contribution in [1.82, 2.24) is 0 Å². The monoisotopic (exact) mass is 257 g/mol. The molecule has 2 fully saturated rings. The number of benzene rings is 1. The molecule has 19 heavy (non-hydrogen) atoms. The molecule has 0 unspecified atom stereocenters. The molecule has 1 aromatic rings. The highest BCUT2D eigenvalue weighted by molar-refractivity contribution is 5.87. The second-order valence-electron chi connectivity index (χ2n) is 6.51. The Morgan fingerprint density at radius 2 is 2.00 bits per heavy atom. The zero-order valence-electron chi connectivity index (χ0n) is 11.5. The van der Waals surface area contributed by atoms with E-state index in [1.807, 2.05) is 0 Å². The van der Waals surface area contributed by atoms with E-state index in [1.54, 1.807) is 0 Å². The highest BCUT2D eigenvalue weighted by atomic mass is 16.1. The molecule has 1 spiro atoms. The molecule has 2 N–H and O–H groups in total. The Kier molecular flexibility index (Phi) is 2.17. The Morgan fingerprint density at radius 3 is 2.89 bits per heavy atom. The highest BCUT2D eigenvalue weighted by Gasteiger charge is 2.64. The smallest absolute Gasteiger partial charge is 0.206 e. The van der Waals surface area contributed by atoms with Crippen molar-refractivity contribution in [2.24, 2.45) is 0 Å². The topological polar surface area (TPSA) is 36.9 Å². The number of carbonyl (C=O) groups is 1. The van der Waals surface area contributed by atoms with Crippen LogP contribution in [0, 0.1) is 0 Å². The molecule has 2 aliphatic heterocycles. The summed E-state index contributed by atoms with van der Waals surface area (Å²) in [5, 5.41) is 2.33. The molecule has 0 amide bonds. The largest absolute Gasteiger partial charge is 0.317 e. The van der Waals surface area contributed by atoms with Crippen molar-refractivity contribution < 1.29 is 10.1 Å². The highest BCUT2D eigenvalue weighted by Crippen LogP contribution is 2.55. The van der Waals surface area contributed by atoms with Crippen molar-refractivity contribution in [3.63, 3.8) is 0 Å². The molecule has 1 aromatic carbocycles. The van der Waals surface area contributed by atoms with E-state index in [4.69, 9.17) is 0 Å². The minimum Gasteiger partial charge on any atom is -0.317 e. The fourth-order valence-electron chi connectivity index (χ4n) is 4.74. The first-order valence-corrected chi connectivity index (χ1v) is 7.41. The number of carbonyl (C=O) groups excluding carboxylic acids is 1. The van der Waals surface area contributed by atoms with Crippen LogP contribution in [0.1, 0.15) is 38.2 Å². The van der Waals surface area contributed by atoms with E-state index in [2.05, 4.69) is 41.4 Å². The Bertz CT molecular complexity index is 555. The molecule has 1 aliphatic carbocycles. The van der Waals surface area contributed by atoms with E-state index in [-0.39, 0.29) is 11.1 Å². The zero-order valence-corrected chi connectivity index (χ0v) is 11.5. The summed E-state index contributed by atoms with van der Waals surface area (Å²) in [6.45, 7) is 3.67. The lowest BCUT2D eigenvalue weighted by molar-refractivity contribution is -0.732. The lowest BCUT2D eigenvalue weighted by atomic mass is 9.64. The first-order valence-electron chi connectivity index (χ1n) is 7.41. The molecule has 4 rings (SSSR count). The number of Topliss-reactive ketones (excluding diaryl/α,β-unsaturated/α-hetero) is 1. The first-order chi connectivity index (χ1) is 9.17. The van der Waals surface area contributed by atoms with Crippen LogP contribution in [0.15, 0.2) is 24.3 Å². The van der Waals surface area contributed by atoms with Crippen LogP contribution in [-0.4, -0.2) is 24.5 Å². The van der Waals surface area contributed by atoms with Gasteiger partial charge in [0.05, 0.1) is 12.0 Å². The van der Waals surface area contributed by atoms with Crippen molar-refractivity contribution in [2.45, 2.75) is 43.7 Å². The van der Waals surface area contributed by atoms with Crippen molar-refractivity contribution in [2.75, 3.05) is 18.0 Å². The summed E-state index contributed by atoms with van der Waals surface area (Å²) in [6.07, 6.45) is 5.03. The van der Waals surface area contributed by atoms with Gasteiger partial charge in [-0.2, -0.15) is 0 Å². The fraction of sp³-hybridized carbons (Fsp3) is 0.562. The average molecular weight is 257 g/mol. The fourth-order valence-corrected chi connectivity index (χ4v) is 4.74. The van der Waals surface area contributed by atoms with Crippen LogP contribution in [0.5, 0.6) is 0 Å². The van der Waals surface area contributed by atoms with E-state index in [0.29, 0.717) is 18.9 Å². The van der Waals surface area contributed by atoms with E-state index in [9.17, 15) is 4.79 Å². The second-order valence-corrected chi connectivity index (χ2v) is 6.51. The van der Waals surface area contributed by atoms with E-state index in [1.165, 1.54) is 36.9 Å². The minimum atomic E-state index is 0.100. The van der Waals surface area contributed by atoms with Gasteiger partial charge in [0.15, 0.2) is 5.66 Å². The predicted octanol–water partition coefficient (Wildman–Crippen LogP) is 1.18. The number of ketones is 1. The number of nitrogens with zero attached hydrogens (tertiary/aromatic N) is 1. The van der Waals surface area contributed by atoms with Gasteiger partial charge in [0, 0.05) is 12.1 Å². The molecule has 2 heterocycles. The third-order valence-corrected chi connectivity index (χ3v) is 5.71. The predicted molar refractivity (Wildman–Crippen MR) is 74.1 cm³/mol. The third-order valence-electron chi connectivity index (χ3n) is 5.71. The number of hydrogen-bond acceptors (Lipinski definition) is 2. The molecular weight excluding hydrogens is 236 g/mol. The van der Waals surface area contributed by atoms with Crippen LogP contribution in [0.2, 0.25) is 0 Å². The maximum absolute atomic E-state index is 11.9. The summed E-state index contributed by atoms with van der Waals surface area (Å²) in [7, 11) is 0. The van der Waals surface area contributed by atoms with Crippen LogP contribution >= 0.6 is 0 Å². The molecule has 0 aromatic heterocycles. The third kappa shape index (κ3) is 1.24. The normalized spacial score (nSPS) is 36.7. The molecule has 0 radical (unpaired) electrons. The van der Waals surface area contributed by atoms with Gasteiger partial charge in [-0.1, -0.05) is 24.6 Å². The minimum absolute atomic E-state index is 0.100. The van der Waals surface area contributed by atoms with Gasteiger partial charge in [-0.05, 0) is 31.4 Å². The molecule has 2 atom stereocenters. The van der Waals surface area contributed by atoms with Crippen molar-refractivity contribution >= 4 is 11.5 Å². The summed E-state index contributed by atoms with van der Waals surface area (Å²) < 4.78 is 0. The number of fused-ring (bicyclic) bond motifs is 3.